The summed E-state index contributed by atoms with van der Waals surface area (Å²) in [6, 6.07) is 10.8. The SMILES string of the molecule is COc1ccccc1OCC(=O)N1CCC(NC(=O)c2cccnc2)CC1. The first kappa shape index (κ1) is 18.7. The van der Waals surface area contributed by atoms with Crippen molar-refractivity contribution in [3.63, 3.8) is 0 Å². The van der Waals surface area contributed by atoms with E-state index in [0.717, 1.165) is 0 Å². The number of likely N-dealkylation sites (tertiary alicyclic amines) is 1. The number of aromatic nitrogens is 1. The van der Waals surface area contributed by atoms with Crippen LogP contribution >= 0.6 is 0 Å². The maximum absolute atomic E-state index is 12.4. The minimum absolute atomic E-state index is 0.0346. The van der Waals surface area contributed by atoms with Crippen molar-refractivity contribution >= 4 is 11.8 Å². The summed E-state index contributed by atoms with van der Waals surface area (Å²) < 4.78 is 10.8. The van der Waals surface area contributed by atoms with Gasteiger partial charge in [0.05, 0.1) is 12.7 Å². The highest BCUT2D eigenvalue weighted by atomic mass is 16.5. The van der Waals surface area contributed by atoms with Gasteiger partial charge in [-0.05, 0) is 37.1 Å². The van der Waals surface area contributed by atoms with E-state index in [-0.39, 0.29) is 24.5 Å². The van der Waals surface area contributed by atoms with E-state index in [9.17, 15) is 9.59 Å². The minimum atomic E-state index is -0.132. The van der Waals surface area contributed by atoms with Crippen molar-refractivity contribution in [3.05, 3.63) is 54.4 Å². The van der Waals surface area contributed by atoms with Gasteiger partial charge in [0.1, 0.15) is 0 Å². The van der Waals surface area contributed by atoms with E-state index < -0.39 is 0 Å². The number of carbonyl (C=O) groups is 2. The number of benzene rings is 1. The number of pyridine rings is 1. The lowest BCUT2D eigenvalue weighted by molar-refractivity contribution is -0.134. The molecule has 3 rings (SSSR count). The molecule has 27 heavy (non-hydrogen) atoms. The van der Waals surface area contributed by atoms with Crippen LogP contribution in [0.3, 0.4) is 0 Å². The summed E-state index contributed by atoms with van der Waals surface area (Å²) in [6.45, 7) is 1.14. The fourth-order valence-electron chi connectivity index (χ4n) is 3.01. The molecule has 142 valence electrons. The summed E-state index contributed by atoms with van der Waals surface area (Å²) in [5.41, 5.74) is 0.543. The highest BCUT2D eigenvalue weighted by molar-refractivity contribution is 5.94. The summed E-state index contributed by atoms with van der Waals surface area (Å²) in [5.74, 6) is 0.944. The van der Waals surface area contributed by atoms with Gasteiger partial charge in [0.2, 0.25) is 0 Å². The number of hydrogen-bond donors (Lipinski definition) is 1. The van der Waals surface area contributed by atoms with Crippen molar-refractivity contribution in [2.24, 2.45) is 0 Å². The Morgan fingerprint density at radius 1 is 1.15 bits per heavy atom. The van der Waals surface area contributed by atoms with Gasteiger partial charge < -0.3 is 19.7 Å². The Hall–Kier alpha value is -3.09. The van der Waals surface area contributed by atoms with Crippen molar-refractivity contribution in [2.45, 2.75) is 18.9 Å². The summed E-state index contributed by atoms with van der Waals surface area (Å²) in [7, 11) is 1.56. The Bertz CT molecular complexity index is 774. The first-order valence-electron chi connectivity index (χ1n) is 8.92. The van der Waals surface area contributed by atoms with Crippen LogP contribution in [0.2, 0.25) is 0 Å². The molecule has 0 spiro atoms. The zero-order valence-corrected chi connectivity index (χ0v) is 15.3. The standard InChI is InChI=1S/C20H23N3O4/c1-26-17-6-2-3-7-18(17)27-14-19(24)23-11-8-16(9-12-23)22-20(25)15-5-4-10-21-13-15/h2-7,10,13,16H,8-9,11-12,14H2,1H3,(H,22,25). The van der Waals surface area contributed by atoms with Gasteiger partial charge >= 0.3 is 0 Å². The van der Waals surface area contributed by atoms with E-state index in [1.165, 1.54) is 0 Å². The zero-order valence-electron chi connectivity index (χ0n) is 15.3. The third-order valence-electron chi connectivity index (χ3n) is 4.53. The van der Waals surface area contributed by atoms with E-state index >= 15 is 0 Å². The minimum Gasteiger partial charge on any atom is -0.493 e. The molecule has 0 unspecified atom stereocenters. The van der Waals surface area contributed by atoms with Gasteiger partial charge in [0, 0.05) is 31.5 Å². The molecule has 2 aromatic rings. The maximum Gasteiger partial charge on any atom is 0.260 e. The molecule has 0 bridgehead atoms. The van der Waals surface area contributed by atoms with Gasteiger partial charge in [0.25, 0.3) is 11.8 Å². The van der Waals surface area contributed by atoms with Crippen LogP contribution in [0.5, 0.6) is 11.5 Å². The van der Waals surface area contributed by atoms with Gasteiger partial charge in [-0.1, -0.05) is 12.1 Å². The van der Waals surface area contributed by atoms with Crippen LogP contribution in [0.4, 0.5) is 0 Å². The van der Waals surface area contributed by atoms with Crippen molar-refractivity contribution < 1.29 is 19.1 Å². The Morgan fingerprint density at radius 2 is 1.89 bits per heavy atom. The molecule has 1 fully saturated rings. The fraction of sp³-hybridized carbons (Fsp3) is 0.350. The van der Waals surface area contributed by atoms with Crippen LogP contribution in [0.1, 0.15) is 23.2 Å². The molecular formula is C20H23N3O4. The highest BCUT2D eigenvalue weighted by Crippen LogP contribution is 2.25. The quantitative estimate of drug-likeness (QED) is 0.841. The third kappa shape index (κ3) is 4.97. The third-order valence-corrected chi connectivity index (χ3v) is 4.53. The van der Waals surface area contributed by atoms with Crippen molar-refractivity contribution in [2.75, 3.05) is 26.8 Å². The van der Waals surface area contributed by atoms with Crippen LogP contribution < -0.4 is 14.8 Å². The van der Waals surface area contributed by atoms with Crippen molar-refractivity contribution in [1.82, 2.24) is 15.2 Å². The molecule has 1 saturated heterocycles. The lowest BCUT2D eigenvalue weighted by atomic mass is 10.0. The number of para-hydroxylation sites is 2. The van der Waals surface area contributed by atoms with Crippen LogP contribution in [0, 0.1) is 0 Å². The number of ether oxygens (including phenoxy) is 2. The van der Waals surface area contributed by atoms with Crippen molar-refractivity contribution in [1.29, 1.82) is 0 Å². The predicted octanol–water partition coefficient (Wildman–Crippen LogP) is 1.89. The molecular weight excluding hydrogens is 346 g/mol. The zero-order chi connectivity index (χ0) is 19.1. The average molecular weight is 369 g/mol. The number of hydrogen-bond acceptors (Lipinski definition) is 5. The molecule has 7 nitrogen and oxygen atoms in total. The van der Waals surface area contributed by atoms with E-state index in [2.05, 4.69) is 10.3 Å². The molecule has 2 heterocycles. The van der Waals surface area contributed by atoms with E-state index in [1.54, 1.807) is 48.7 Å². The summed E-state index contributed by atoms with van der Waals surface area (Å²) in [4.78, 5) is 30.3. The lowest BCUT2D eigenvalue weighted by Crippen LogP contribution is -2.47. The van der Waals surface area contributed by atoms with Gasteiger partial charge in [-0.25, -0.2) is 0 Å². The van der Waals surface area contributed by atoms with Gasteiger partial charge in [-0.3, -0.25) is 14.6 Å². The van der Waals surface area contributed by atoms with Gasteiger partial charge in [0.15, 0.2) is 18.1 Å². The number of nitrogens with one attached hydrogen (secondary N) is 1. The molecule has 0 radical (unpaired) electrons. The monoisotopic (exact) mass is 369 g/mol. The molecule has 2 amide bonds. The molecule has 1 aromatic heterocycles. The smallest absolute Gasteiger partial charge is 0.260 e. The summed E-state index contributed by atoms with van der Waals surface area (Å²) in [6.07, 6.45) is 4.61. The Morgan fingerprint density at radius 3 is 2.56 bits per heavy atom. The lowest BCUT2D eigenvalue weighted by Gasteiger charge is -2.32. The molecule has 0 atom stereocenters. The second-order valence-electron chi connectivity index (χ2n) is 6.31. The summed E-state index contributed by atoms with van der Waals surface area (Å²) in [5, 5.41) is 3.00. The van der Waals surface area contributed by atoms with E-state index in [4.69, 9.17) is 9.47 Å². The molecule has 1 aliphatic rings. The second kappa shape index (κ2) is 9.02. The number of rotatable bonds is 6. The Kier molecular flexibility index (Phi) is 6.25. The molecule has 1 aliphatic heterocycles. The Balaban J connectivity index is 1.44. The number of nitrogens with zero attached hydrogens (tertiary/aromatic N) is 2. The van der Waals surface area contributed by atoms with E-state index in [0.29, 0.717) is 43.0 Å². The van der Waals surface area contributed by atoms with Crippen LogP contribution in [-0.4, -0.2) is 54.5 Å². The molecule has 1 aromatic carbocycles. The first-order valence-corrected chi connectivity index (χ1v) is 8.92. The molecule has 0 aliphatic carbocycles. The first-order chi connectivity index (χ1) is 13.2. The number of methoxy groups -OCH3 is 1. The fourth-order valence-corrected chi connectivity index (χ4v) is 3.01. The van der Waals surface area contributed by atoms with Crippen LogP contribution in [-0.2, 0) is 4.79 Å². The predicted molar refractivity (Wildman–Crippen MR) is 99.8 cm³/mol. The highest BCUT2D eigenvalue weighted by Gasteiger charge is 2.24. The second-order valence-corrected chi connectivity index (χ2v) is 6.31. The van der Waals surface area contributed by atoms with Crippen LogP contribution in [0.15, 0.2) is 48.8 Å². The van der Waals surface area contributed by atoms with Crippen molar-refractivity contribution in [3.8, 4) is 11.5 Å². The van der Waals surface area contributed by atoms with E-state index in [1.807, 2.05) is 12.1 Å². The molecule has 0 saturated carbocycles. The largest absolute Gasteiger partial charge is 0.493 e. The Labute approximate surface area is 158 Å². The van der Waals surface area contributed by atoms with Gasteiger partial charge in [-0.15, -0.1) is 0 Å². The molecule has 7 heteroatoms. The topological polar surface area (TPSA) is 80.8 Å². The van der Waals surface area contributed by atoms with Crippen LogP contribution in [0.25, 0.3) is 0 Å². The maximum atomic E-state index is 12.4. The van der Waals surface area contributed by atoms with Gasteiger partial charge in [-0.2, -0.15) is 0 Å². The number of carbonyl (C=O) groups excluding carboxylic acids is 2. The average Bonchev–Trinajstić information content (AvgIpc) is 2.73. The number of piperidine rings is 1. The molecule has 1 N–H and O–H groups in total. The summed E-state index contributed by atoms with van der Waals surface area (Å²) >= 11 is 0. The number of amides is 2. The normalized spacial score (nSPS) is 14.5.